The first kappa shape index (κ1) is 8.81. The summed E-state index contributed by atoms with van der Waals surface area (Å²) in [6.45, 7) is 0. The molecule has 0 bridgehead atoms. The molecule has 0 aromatic heterocycles. The summed E-state index contributed by atoms with van der Waals surface area (Å²) in [7, 11) is 0. The molecule has 0 aliphatic carbocycles. The molecule has 2 atom stereocenters. The van der Waals surface area contributed by atoms with Crippen LogP contribution in [0.15, 0.2) is 35.7 Å². The van der Waals surface area contributed by atoms with E-state index in [0.29, 0.717) is 0 Å². The standard InChI is InChI=1S/C10H10O2S/c11-9-8(6-13-10(9)12)7-4-2-1-3-5-7/h1-6,9-12H/t9-,10-/m1/s1. The van der Waals surface area contributed by atoms with Crippen molar-refractivity contribution >= 4 is 17.3 Å². The summed E-state index contributed by atoms with van der Waals surface area (Å²) in [5, 5.41) is 20.7. The van der Waals surface area contributed by atoms with Crippen LogP contribution in [0.5, 0.6) is 0 Å². The van der Waals surface area contributed by atoms with Gasteiger partial charge >= 0.3 is 0 Å². The van der Waals surface area contributed by atoms with Crippen molar-refractivity contribution in [2.75, 3.05) is 0 Å². The Morgan fingerprint density at radius 1 is 1.08 bits per heavy atom. The van der Waals surface area contributed by atoms with Crippen molar-refractivity contribution in [1.82, 2.24) is 0 Å². The molecule has 0 fully saturated rings. The molecule has 2 N–H and O–H groups in total. The summed E-state index contributed by atoms with van der Waals surface area (Å²) >= 11 is 1.25. The average Bonchev–Trinajstić information content (AvgIpc) is 2.49. The highest BCUT2D eigenvalue weighted by Gasteiger charge is 2.27. The number of rotatable bonds is 1. The van der Waals surface area contributed by atoms with E-state index in [2.05, 4.69) is 0 Å². The third-order valence-electron chi connectivity index (χ3n) is 2.03. The second-order valence-electron chi connectivity index (χ2n) is 2.91. The van der Waals surface area contributed by atoms with Crippen molar-refractivity contribution in [3.63, 3.8) is 0 Å². The second-order valence-corrected chi connectivity index (χ2v) is 3.90. The number of hydrogen-bond donors (Lipinski definition) is 2. The molecule has 0 saturated carbocycles. The Morgan fingerprint density at radius 2 is 1.77 bits per heavy atom. The van der Waals surface area contributed by atoms with Crippen LogP contribution in [-0.2, 0) is 0 Å². The summed E-state index contributed by atoms with van der Waals surface area (Å²) < 4.78 is 0. The maximum Gasteiger partial charge on any atom is 0.133 e. The van der Waals surface area contributed by atoms with Crippen LogP contribution >= 0.6 is 11.8 Å². The number of benzene rings is 1. The van der Waals surface area contributed by atoms with Crippen LogP contribution in [0.4, 0.5) is 0 Å². The summed E-state index contributed by atoms with van der Waals surface area (Å²) in [5.41, 5.74) is 1.06. The van der Waals surface area contributed by atoms with Crippen molar-refractivity contribution in [1.29, 1.82) is 0 Å². The Labute approximate surface area is 80.9 Å². The van der Waals surface area contributed by atoms with Crippen LogP contribution in [0, 0.1) is 0 Å². The van der Waals surface area contributed by atoms with Gasteiger partial charge in [-0.2, -0.15) is 0 Å². The molecule has 0 unspecified atom stereocenters. The Balaban J connectivity index is 2.29. The monoisotopic (exact) mass is 194 g/mol. The van der Waals surface area contributed by atoms with E-state index in [4.69, 9.17) is 0 Å². The first-order valence-corrected chi connectivity index (χ1v) is 5.00. The fourth-order valence-electron chi connectivity index (χ4n) is 1.31. The van der Waals surface area contributed by atoms with Gasteiger partial charge < -0.3 is 10.2 Å². The van der Waals surface area contributed by atoms with Gasteiger partial charge in [0.2, 0.25) is 0 Å². The lowest BCUT2D eigenvalue weighted by molar-refractivity contribution is 0.117. The average molecular weight is 194 g/mol. The van der Waals surface area contributed by atoms with Gasteiger partial charge in [-0.05, 0) is 16.5 Å². The first-order valence-electron chi connectivity index (χ1n) is 4.06. The summed E-state index contributed by atoms with van der Waals surface area (Å²) in [6, 6.07) is 9.60. The van der Waals surface area contributed by atoms with Crippen LogP contribution < -0.4 is 0 Å². The van der Waals surface area contributed by atoms with E-state index in [1.807, 2.05) is 35.7 Å². The van der Waals surface area contributed by atoms with Gasteiger partial charge in [-0.1, -0.05) is 42.1 Å². The summed E-state index contributed by atoms with van der Waals surface area (Å²) in [4.78, 5) is 0. The van der Waals surface area contributed by atoms with Crippen LogP contribution in [-0.4, -0.2) is 21.8 Å². The number of hydrogen-bond acceptors (Lipinski definition) is 3. The summed E-state index contributed by atoms with van der Waals surface area (Å²) in [5.74, 6) is 0. The lowest BCUT2D eigenvalue weighted by Crippen LogP contribution is -2.18. The zero-order valence-corrected chi connectivity index (χ0v) is 7.74. The van der Waals surface area contributed by atoms with Gasteiger partial charge in [0.05, 0.1) is 0 Å². The SMILES string of the molecule is O[C@@H]1SC=C(c2ccccc2)[C@H]1O. The molecule has 0 saturated heterocycles. The van der Waals surface area contributed by atoms with Crippen molar-refractivity contribution < 1.29 is 10.2 Å². The zero-order chi connectivity index (χ0) is 9.26. The molecule has 1 aromatic rings. The molecule has 0 amide bonds. The lowest BCUT2D eigenvalue weighted by Gasteiger charge is -2.11. The van der Waals surface area contributed by atoms with Crippen molar-refractivity contribution in [2.45, 2.75) is 11.5 Å². The molecule has 1 aromatic carbocycles. The van der Waals surface area contributed by atoms with Gasteiger partial charge in [-0.15, -0.1) is 0 Å². The maximum atomic E-state index is 9.57. The quantitative estimate of drug-likeness (QED) is 0.711. The minimum absolute atomic E-state index is 0.713. The first-order chi connectivity index (χ1) is 6.29. The molecule has 2 rings (SSSR count). The lowest BCUT2D eigenvalue weighted by atomic mass is 10.0. The molecule has 13 heavy (non-hydrogen) atoms. The Morgan fingerprint density at radius 3 is 2.31 bits per heavy atom. The van der Waals surface area contributed by atoms with Gasteiger partial charge in [-0.3, -0.25) is 0 Å². The molecular weight excluding hydrogens is 184 g/mol. The molecular formula is C10H10O2S. The van der Waals surface area contributed by atoms with Gasteiger partial charge in [0, 0.05) is 0 Å². The minimum atomic E-state index is -0.757. The minimum Gasteiger partial charge on any atom is -0.385 e. The van der Waals surface area contributed by atoms with E-state index in [1.54, 1.807) is 0 Å². The third-order valence-corrected chi connectivity index (χ3v) is 2.96. The number of aliphatic hydroxyl groups is 2. The number of thioether (sulfide) groups is 1. The smallest absolute Gasteiger partial charge is 0.133 e. The fraction of sp³-hybridized carbons (Fsp3) is 0.200. The Hall–Kier alpha value is -0.770. The highest BCUT2D eigenvalue weighted by atomic mass is 32.2. The second kappa shape index (κ2) is 3.54. The predicted molar refractivity (Wildman–Crippen MR) is 54.0 cm³/mol. The third kappa shape index (κ3) is 1.63. The predicted octanol–water partition coefficient (Wildman–Crippen LogP) is 1.45. The Kier molecular flexibility index (Phi) is 2.40. The van der Waals surface area contributed by atoms with Crippen molar-refractivity contribution in [3.05, 3.63) is 41.3 Å². The molecule has 2 nitrogen and oxygen atoms in total. The van der Waals surface area contributed by atoms with Gasteiger partial charge in [0.15, 0.2) is 0 Å². The van der Waals surface area contributed by atoms with Gasteiger partial charge in [0.25, 0.3) is 0 Å². The van der Waals surface area contributed by atoms with Gasteiger partial charge in [-0.25, -0.2) is 0 Å². The topological polar surface area (TPSA) is 40.5 Å². The van der Waals surface area contributed by atoms with Crippen LogP contribution in [0.1, 0.15) is 5.56 Å². The van der Waals surface area contributed by atoms with Crippen LogP contribution in [0.2, 0.25) is 0 Å². The van der Waals surface area contributed by atoms with E-state index in [-0.39, 0.29) is 0 Å². The number of aliphatic hydroxyl groups excluding tert-OH is 2. The van der Waals surface area contributed by atoms with Crippen LogP contribution in [0.25, 0.3) is 5.57 Å². The molecule has 1 heterocycles. The normalized spacial score (nSPS) is 27.4. The zero-order valence-electron chi connectivity index (χ0n) is 6.92. The van der Waals surface area contributed by atoms with E-state index < -0.39 is 11.5 Å². The van der Waals surface area contributed by atoms with Crippen molar-refractivity contribution in [3.8, 4) is 0 Å². The highest BCUT2D eigenvalue weighted by Crippen LogP contribution is 2.34. The molecule has 1 aliphatic rings. The summed E-state index contributed by atoms with van der Waals surface area (Å²) in [6.07, 6.45) is -0.757. The molecule has 3 heteroatoms. The van der Waals surface area contributed by atoms with E-state index in [1.165, 1.54) is 11.8 Å². The fourth-order valence-corrected chi connectivity index (χ4v) is 2.17. The van der Waals surface area contributed by atoms with Crippen LogP contribution in [0.3, 0.4) is 0 Å². The maximum absolute atomic E-state index is 9.57. The highest BCUT2D eigenvalue weighted by molar-refractivity contribution is 8.03. The van der Waals surface area contributed by atoms with Gasteiger partial charge in [0.1, 0.15) is 11.5 Å². The van der Waals surface area contributed by atoms with Crippen molar-refractivity contribution in [2.24, 2.45) is 0 Å². The van der Waals surface area contributed by atoms with E-state index in [0.717, 1.165) is 11.1 Å². The largest absolute Gasteiger partial charge is 0.385 e. The van der Waals surface area contributed by atoms with E-state index in [9.17, 15) is 10.2 Å². The Bertz CT molecular complexity index is 321. The molecule has 0 spiro atoms. The molecule has 0 radical (unpaired) electrons. The molecule has 68 valence electrons. The van der Waals surface area contributed by atoms with E-state index >= 15 is 0 Å². The molecule has 1 aliphatic heterocycles.